The largest absolute Gasteiger partial charge is 0.341 e. The Bertz CT molecular complexity index is 490. The minimum Gasteiger partial charge on any atom is -0.341 e. The quantitative estimate of drug-likeness (QED) is 0.924. The predicted molar refractivity (Wildman–Crippen MR) is 80.6 cm³/mol. The van der Waals surface area contributed by atoms with Crippen molar-refractivity contribution < 1.29 is 9.18 Å². The van der Waals surface area contributed by atoms with Gasteiger partial charge in [-0.25, -0.2) is 4.39 Å². The number of halogens is 1. The number of benzene rings is 1. The van der Waals surface area contributed by atoms with Gasteiger partial charge in [0.1, 0.15) is 5.82 Å². The van der Waals surface area contributed by atoms with Gasteiger partial charge in [0, 0.05) is 19.1 Å². The highest BCUT2D eigenvalue weighted by Gasteiger charge is 2.33. The van der Waals surface area contributed by atoms with E-state index in [-0.39, 0.29) is 17.8 Å². The lowest BCUT2D eigenvalue weighted by Gasteiger charge is -2.38. The van der Waals surface area contributed by atoms with Crippen LogP contribution < -0.4 is 5.32 Å². The number of rotatable bonds is 4. The Hall–Kier alpha value is -1.42. The molecule has 1 heterocycles. The maximum Gasteiger partial charge on any atom is 0.239 e. The molecule has 1 unspecified atom stereocenters. The van der Waals surface area contributed by atoms with Crippen LogP contribution in [0.15, 0.2) is 24.3 Å². The van der Waals surface area contributed by atoms with E-state index in [4.69, 9.17) is 0 Å². The van der Waals surface area contributed by atoms with Gasteiger partial charge in [-0.1, -0.05) is 12.1 Å². The molecule has 3 rings (SSSR count). The molecule has 1 aliphatic heterocycles. The van der Waals surface area contributed by atoms with Crippen LogP contribution in [0.5, 0.6) is 0 Å². The molecular weight excluding hydrogens is 267 g/mol. The maximum absolute atomic E-state index is 12.9. The number of hydrogen-bond acceptors (Lipinski definition) is 2. The van der Waals surface area contributed by atoms with Crippen molar-refractivity contribution in [2.45, 2.75) is 50.6 Å². The topological polar surface area (TPSA) is 32.3 Å². The number of nitrogens with zero attached hydrogens (tertiary/aromatic N) is 1. The summed E-state index contributed by atoms with van der Waals surface area (Å²) in [5.74, 6) is 0.549. The number of nitrogens with one attached hydrogen (secondary N) is 1. The summed E-state index contributed by atoms with van der Waals surface area (Å²) in [5, 5.41) is 3.44. The second-order valence-electron chi connectivity index (χ2n) is 6.34. The Morgan fingerprint density at radius 1 is 1.24 bits per heavy atom. The van der Waals surface area contributed by atoms with E-state index < -0.39 is 0 Å². The lowest BCUT2D eigenvalue weighted by atomic mass is 9.75. The number of carbonyl (C=O) groups is 1. The fourth-order valence-corrected chi connectivity index (χ4v) is 3.40. The van der Waals surface area contributed by atoms with Crippen LogP contribution in [-0.4, -0.2) is 36.0 Å². The standard InChI is InChI=1S/C17H23FN2O/c1-12(17(21)20-8-2-3-9-20)19-16-10-14(11-16)13-4-6-15(18)7-5-13/h4-7,12,14,16,19H,2-3,8-11H2,1H3. The molecule has 1 aromatic carbocycles. The average molecular weight is 290 g/mol. The molecule has 1 saturated carbocycles. The molecule has 1 aromatic rings. The van der Waals surface area contributed by atoms with E-state index in [9.17, 15) is 9.18 Å². The van der Waals surface area contributed by atoms with Gasteiger partial charge in [0.05, 0.1) is 6.04 Å². The van der Waals surface area contributed by atoms with Crippen molar-refractivity contribution in [1.82, 2.24) is 10.2 Å². The Morgan fingerprint density at radius 2 is 1.86 bits per heavy atom. The van der Waals surface area contributed by atoms with Crippen LogP contribution >= 0.6 is 0 Å². The highest BCUT2D eigenvalue weighted by molar-refractivity contribution is 5.81. The summed E-state index contributed by atoms with van der Waals surface area (Å²) in [7, 11) is 0. The molecule has 3 nitrogen and oxygen atoms in total. The first kappa shape index (κ1) is 14.5. The molecule has 2 aliphatic rings. The van der Waals surface area contributed by atoms with E-state index in [1.54, 1.807) is 0 Å². The predicted octanol–water partition coefficient (Wildman–Crippen LogP) is 2.67. The van der Waals surface area contributed by atoms with Gasteiger partial charge in [-0.15, -0.1) is 0 Å². The summed E-state index contributed by atoms with van der Waals surface area (Å²) < 4.78 is 12.9. The molecular formula is C17H23FN2O. The molecule has 0 spiro atoms. The van der Waals surface area contributed by atoms with Crippen molar-refractivity contribution in [1.29, 1.82) is 0 Å². The van der Waals surface area contributed by atoms with Crippen LogP contribution in [-0.2, 0) is 4.79 Å². The van der Waals surface area contributed by atoms with Gasteiger partial charge in [0.2, 0.25) is 5.91 Å². The summed E-state index contributed by atoms with van der Waals surface area (Å²) in [6, 6.07) is 7.10. The highest BCUT2D eigenvalue weighted by Crippen LogP contribution is 2.37. The number of carbonyl (C=O) groups excluding carboxylic acids is 1. The number of hydrogen-bond donors (Lipinski definition) is 1. The number of amides is 1. The minimum absolute atomic E-state index is 0.0951. The Kier molecular flexibility index (Phi) is 4.24. The van der Waals surface area contributed by atoms with Gasteiger partial charge < -0.3 is 10.2 Å². The van der Waals surface area contributed by atoms with E-state index in [2.05, 4.69) is 5.32 Å². The van der Waals surface area contributed by atoms with Crippen LogP contribution in [0.25, 0.3) is 0 Å². The zero-order chi connectivity index (χ0) is 14.8. The molecule has 1 aliphatic carbocycles. The molecule has 114 valence electrons. The average Bonchev–Trinajstić information content (AvgIpc) is 2.96. The van der Waals surface area contributed by atoms with Gasteiger partial charge in [0.25, 0.3) is 0 Å². The van der Waals surface area contributed by atoms with Crippen molar-refractivity contribution >= 4 is 5.91 Å². The highest BCUT2D eigenvalue weighted by atomic mass is 19.1. The van der Waals surface area contributed by atoms with E-state index in [1.807, 2.05) is 24.0 Å². The molecule has 0 bridgehead atoms. The summed E-state index contributed by atoms with van der Waals surface area (Å²) in [6.07, 6.45) is 4.33. The van der Waals surface area contributed by atoms with Crippen LogP contribution in [0, 0.1) is 5.82 Å². The smallest absolute Gasteiger partial charge is 0.239 e. The van der Waals surface area contributed by atoms with Gasteiger partial charge in [-0.2, -0.15) is 0 Å². The monoisotopic (exact) mass is 290 g/mol. The third-order valence-electron chi connectivity index (χ3n) is 4.75. The molecule has 4 heteroatoms. The zero-order valence-electron chi connectivity index (χ0n) is 12.5. The molecule has 0 aromatic heterocycles. The third-order valence-corrected chi connectivity index (χ3v) is 4.75. The van der Waals surface area contributed by atoms with Crippen molar-refractivity contribution in [3.05, 3.63) is 35.6 Å². The second-order valence-corrected chi connectivity index (χ2v) is 6.34. The normalized spacial score (nSPS) is 26.5. The molecule has 1 saturated heterocycles. The van der Waals surface area contributed by atoms with Gasteiger partial charge in [0.15, 0.2) is 0 Å². The van der Waals surface area contributed by atoms with Gasteiger partial charge in [-0.3, -0.25) is 4.79 Å². The van der Waals surface area contributed by atoms with E-state index in [0.717, 1.165) is 38.8 Å². The zero-order valence-corrected chi connectivity index (χ0v) is 12.5. The first-order valence-electron chi connectivity index (χ1n) is 7.94. The summed E-state index contributed by atoms with van der Waals surface area (Å²) >= 11 is 0. The van der Waals surface area contributed by atoms with Crippen molar-refractivity contribution in [3.63, 3.8) is 0 Å². The maximum atomic E-state index is 12.9. The molecule has 0 radical (unpaired) electrons. The fraction of sp³-hybridized carbons (Fsp3) is 0.588. The van der Waals surface area contributed by atoms with Gasteiger partial charge in [-0.05, 0) is 56.2 Å². The second kappa shape index (κ2) is 6.14. The third kappa shape index (κ3) is 3.26. The lowest BCUT2D eigenvalue weighted by molar-refractivity contribution is -0.132. The van der Waals surface area contributed by atoms with Crippen molar-refractivity contribution in [2.24, 2.45) is 0 Å². The molecule has 2 fully saturated rings. The summed E-state index contributed by atoms with van der Waals surface area (Å²) in [4.78, 5) is 14.2. The first-order valence-corrected chi connectivity index (χ1v) is 7.94. The van der Waals surface area contributed by atoms with E-state index in [1.165, 1.54) is 17.7 Å². The fourth-order valence-electron chi connectivity index (χ4n) is 3.40. The summed E-state index contributed by atoms with van der Waals surface area (Å²) in [5.41, 5.74) is 1.20. The van der Waals surface area contributed by atoms with Crippen molar-refractivity contribution in [2.75, 3.05) is 13.1 Å². The molecule has 21 heavy (non-hydrogen) atoms. The van der Waals surface area contributed by atoms with Crippen LogP contribution in [0.1, 0.15) is 44.1 Å². The minimum atomic E-state index is -0.183. The van der Waals surface area contributed by atoms with Crippen LogP contribution in [0.4, 0.5) is 4.39 Å². The van der Waals surface area contributed by atoms with E-state index >= 15 is 0 Å². The molecule has 1 N–H and O–H groups in total. The first-order chi connectivity index (χ1) is 10.1. The Morgan fingerprint density at radius 3 is 2.48 bits per heavy atom. The number of likely N-dealkylation sites (tertiary alicyclic amines) is 1. The molecule has 1 atom stereocenters. The van der Waals surface area contributed by atoms with E-state index in [0.29, 0.717) is 12.0 Å². The Labute approximate surface area is 125 Å². The van der Waals surface area contributed by atoms with Crippen LogP contribution in [0.2, 0.25) is 0 Å². The SMILES string of the molecule is CC(NC1CC(c2ccc(F)cc2)C1)C(=O)N1CCCC1. The summed E-state index contributed by atoms with van der Waals surface area (Å²) in [6.45, 7) is 3.79. The lowest BCUT2D eigenvalue weighted by Crippen LogP contribution is -2.51. The molecule has 1 amide bonds. The van der Waals surface area contributed by atoms with Crippen molar-refractivity contribution in [3.8, 4) is 0 Å². The van der Waals surface area contributed by atoms with Crippen LogP contribution in [0.3, 0.4) is 0 Å². The van der Waals surface area contributed by atoms with Gasteiger partial charge >= 0.3 is 0 Å². The Balaban J connectivity index is 1.46.